The Morgan fingerprint density at radius 2 is 2.28 bits per heavy atom. The molecule has 1 aromatic carbocycles. The molecule has 0 aliphatic carbocycles. The fourth-order valence-corrected chi connectivity index (χ4v) is 1.69. The Hall–Kier alpha value is -1.46. The first-order valence-corrected chi connectivity index (χ1v) is 5.43. The minimum absolute atomic E-state index is 0. The number of hydrogen-bond acceptors (Lipinski definition) is 5. The van der Waals surface area contributed by atoms with Crippen LogP contribution in [-0.2, 0) is 9.47 Å². The van der Waals surface area contributed by atoms with Crippen LogP contribution in [-0.4, -0.2) is 32.4 Å². The van der Waals surface area contributed by atoms with Crippen molar-refractivity contribution >= 4 is 24.1 Å². The van der Waals surface area contributed by atoms with E-state index in [0.717, 1.165) is 6.42 Å². The van der Waals surface area contributed by atoms with E-state index in [0.29, 0.717) is 30.2 Å². The van der Waals surface area contributed by atoms with Crippen molar-refractivity contribution in [2.75, 3.05) is 26.1 Å². The number of rotatable bonds is 3. The second-order valence-electron chi connectivity index (χ2n) is 3.84. The first kappa shape index (κ1) is 14.6. The van der Waals surface area contributed by atoms with Gasteiger partial charge in [-0.05, 0) is 18.2 Å². The summed E-state index contributed by atoms with van der Waals surface area (Å²) in [5.41, 5.74) is 6.40. The Balaban J connectivity index is 0.00000162. The first-order chi connectivity index (χ1) is 8.20. The summed E-state index contributed by atoms with van der Waals surface area (Å²) in [5.74, 6) is 0.144. The number of hydrogen-bond donors (Lipinski definition) is 1. The summed E-state index contributed by atoms with van der Waals surface area (Å²) in [4.78, 5) is 11.4. The van der Waals surface area contributed by atoms with Gasteiger partial charge in [-0.3, -0.25) is 0 Å². The smallest absolute Gasteiger partial charge is 0.340 e. The second kappa shape index (κ2) is 6.47. The van der Waals surface area contributed by atoms with Crippen LogP contribution in [0.4, 0.5) is 5.69 Å². The molecule has 2 rings (SSSR count). The SMILES string of the molecule is COC(=O)c1cc(OC2CCOC2)ccc1N.Cl. The van der Waals surface area contributed by atoms with Gasteiger partial charge >= 0.3 is 5.97 Å². The average Bonchev–Trinajstić information content (AvgIpc) is 2.83. The van der Waals surface area contributed by atoms with Gasteiger partial charge in [0.15, 0.2) is 0 Å². The molecular weight excluding hydrogens is 258 g/mol. The fraction of sp³-hybridized carbons (Fsp3) is 0.417. The molecule has 1 unspecified atom stereocenters. The first-order valence-electron chi connectivity index (χ1n) is 5.43. The van der Waals surface area contributed by atoms with Crippen molar-refractivity contribution in [1.29, 1.82) is 0 Å². The van der Waals surface area contributed by atoms with E-state index in [9.17, 15) is 4.79 Å². The van der Waals surface area contributed by atoms with E-state index in [4.69, 9.17) is 15.2 Å². The summed E-state index contributed by atoms with van der Waals surface area (Å²) in [6.07, 6.45) is 0.905. The Labute approximate surface area is 112 Å². The number of ether oxygens (including phenoxy) is 3. The minimum Gasteiger partial charge on any atom is -0.488 e. The van der Waals surface area contributed by atoms with Gasteiger partial charge in [-0.15, -0.1) is 12.4 Å². The van der Waals surface area contributed by atoms with E-state index in [1.807, 2.05) is 0 Å². The van der Waals surface area contributed by atoms with Crippen LogP contribution < -0.4 is 10.5 Å². The van der Waals surface area contributed by atoms with Gasteiger partial charge in [0.25, 0.3) is 0 Å². The van der Waals surface area contributed by atoms with Crippen molar-refractivity contribution < 1.29 is 19.0 Å². The minimum atomic E-state index is -0.462. The van der Waals surface area contributed by atoms with Gasteiger partial charge in [0.1, 0.15) is 11.9 Å². The number of nitrogens with two attached hydrogens (primary N) is 1. The average molecular weight is 274 g/mol. The largest absolute Gasteiger partial charge is 0.488 e. The maximum atomic E-state index is 11.4. The molecule has 0 amide bonds. The lowest BCUT2D eigenvalue weighted by atomic mass is 10.1. The standard InChI is InChI=1S/C12H15NO4.ClH/c1-15-12(14)10-6-8(2-3-11(10)13)17-9-4-5-16-7-9;/h2-3,6,9H,4-5,7,13H2,1H3;1H. The van der Waals surface area contributed by atoms with Gasteiger partial charge in [0.05, 0.1) is 25.9 Å². The number of halogens is 1. The van der Waals surface area contributed by atoms with Gasteiger partial charge in [-0.1, -0.05) is 0 Å². The zero-order valence-corrected chi connectivity index (χ0v) is 10.9. The molecule has 0 saturated carbocycles. The summed E-state index contributed by atoms with van der Waals surface area (Å²) in [6, 6.07) is 4.97. The van der Waals surface area contributed by atoms with Gasteiger partial charge in [0, 0.05) is 12.1 Å². The van der Waals surface area contributed by atoms with Crippen LogP contribution in [0.15, 0.2) is 18.2 Å². The van der Waals surface area contributed by atoms with Crippen LogP contribution >= 0.6 is 12.4 Å². The normalized spacial score (nSPS) is 17.9. The van der Waals surface area contributed by atoms with Crippen LogP contribution in [0.5, 0.6) is 5.75 Å². The number of methoxy groups -OCH3 is 1. The molecule has 1 saturated heterocycles. The van der Waals surface area contributed by atoms with E-state index >= 15 is 0 Å². The molecule has 0 radical (unpaired) electrons. The second-order valence-corrected chi connectivity index (χ2v) is 3.84. The van der Waals surface area contributed by atoms with Gasteiger partial charge < -0.3 is 19.9 Å². The molecule has 1 atom stereocenters. The van der Waals surface area contributed by atoms with Crippen molar-refractivity contribution in [3.05, 3.63) is 23.8 Å². The molecule has 5 nitrogen and oxygen atoms in total. The summed E-state index contributed by atoms with van der Waals surface area (Å²) < 4.78 is 15.5. The monoisotopic (exact) mass is 273 g/mol. The molecular formula is C12H16ClNO4. The lowest BCUT2D eigenvalue weighted by Gasteiger charge is -2.13. The highest BCUT2D eigenvalue weighted by atomic mass is 35.5. The number of esters is 1. The van der Waals surface area contributed by atoms with E-state index in [2.05, 4.69) is 4.74 Å². The lowest BCUT2D eigenvalue weighted by Crippen LogP contribution is -2.16. The van der Waals surface area contributed by atoms with E-state index < -0.39 is 5.97 Å². The third-order valence-corrected chi connectivity index (χ3v) is 2.62. The maximum absolute atomic E-state index is 11.4. The third-order valence-electron chi connectivity index (χ3n) is 2.62. The summed E-state index contributed by atoms with van der Waals surface area (Å²) in [5, 5.41) is 0. The molecule has 100 valence electrons. The van der Waals surface area contributed by atoms with Crippen LogP contribution in [0.1, 0.15) is 16.8 Å². The van der Waals surface area contributed by atoms with Gasteiger partial charge in [0.2, 0.25) is 0 Å². The molecule has 1 fully saturated rings. The topological polar surface area (TPSA) is 70.8 Å². The lowest BCUT2D eigenvalue weighted by molar-refractivity contribution is 0.0601. The molecule has 1 aromatic rings. The Bertz CT molecular complexity index is 419. The number of benzene rings is 1. The van der Waals surface area contributed by atoms with Crippen molar-refractivity contribution in [2.45, 2.75) is 12.5 Å². The molecule has 18 heavy (non-hydrogen) atoms. The molecule has 1 aliphatic rings. The van der Waals surface area contributed by atoms with Crippen LogP contribution in [0.2, 0.25) is 0 Å². The Morgan fingerprint density at radius 1 is 1.50 bits per heavy atom. The Morgan fingerprint density at radius 3 is 2.89 bits per heavy atom. The van der Waals surface area contributed by atoms with Gasteiger partial charge in [-0.2, -0.15) is 0 Å². The molecule has 1 aliphatic heterocycles. The van der Waals surface area contributed by atoms with Crippen LogP contribution in [0, 0.1) is 0 Å². The highest BCUT2D eigenvalue weighted by molar-refractivity contribution is 5.95. The third kappa shape index (κ3) is 3.27. The molecule has 0 aromatic heterocycles. The Kier molecular flexibility index (Phi) is 5.25. The molecule has 2 N–H and O–H groups in total. The number of nitrogen functional groups attached to an aromatic ring is 1. The maximum Gasteiger partial charge on any atom is 0.340 e. The predicted octanol–water partition coefficient (Wildman–Crippen LogP) is 1.64. The molecule has 6 heteroatoms. The summed E-state index contributed by atoms with van der Waals surface area (Å²) in [6.45, 7) is 1.29. The molecule has 0 bridgehead atoms. The number of anilines is 1. The van der Waals surface area contributed by atoms with Crippen molar-refractivity contribution in [3.8, 4) is 5.75 Å². The summed E-state index contributed by atoms with van der Waals surface area (Å²) >= 11 is 0. The molecule has 0 spiro atoms. The van der Waals surface area contributed by atoms with E-state index in [1.165, 1.54) is 7.11 Å². The van der Waals surface area contributed by atoms with Crippen molar-refractivity contribution in [3.63, 3.8) is 0 Å². The zero-order valence-electron chi connectivity index (χ0n) is 10.0. The molecule has 1 heterocycles. The zero-order chi connectivity index (χ0) is 12.3. The highest BCUT2D eigenvalue weighted by Gasteiger charge is 2.18. The van der Waals surface area contributed by atoms with Crippen molar-refractivity contribution in [2.24, 2.45) is 0 Å². The number of carbonyl (C=O) groups excluding carboxylic acids is 1. The van der Waals surface area contributed by atoms with Crippen molar-refractivity contribution in [1.82, 2.24) is 0 Å². The van der Waals surface area contributed by atoms with Crippen LogP contribution in [0.25, 0.3) is 0 Å². The quantitative estimate of drug-likeness (QED) is 0.670. The predicted molar refractivity (Wildman–Crippen MR) is 69.3 cm³/mol. The van der Waals surface area contributed by atoms with Crippen LogP contribution in [0.3, 0.4) is 0 Å². The number of carbonyl (C=O) groups is 1. The van der Waals surface area contributed by atoms with E-state index in [1.54, 1.807) is 18.2 Å². The summed E-state index contributed by atoms with van der Waals surface area (Å²) in [7, 11) is 1.32. The van der Waals surface area contributed by atoms with E-state index in [-0.39, 0.29) is 18.5 Å². The highest BCUT2D eigenvalue weighted by Crippen LogP contribution is 2.23. The van der Waals surface area contributed by atoms with Gasteiger partial charge in [-0.25, -0.2) is 4.79 Å². The fourth-order valence-electron chi connectivity index (χ4n) is 1.69.